The predicted molar refractivity (Wildman–Crippen MR) is 226 cm³/mol. The monoisotopic (exact) mass is 861 g/mol. The molecule has 0 radical (unpaired) electrons. The van der Waals surface area contributed by atoms with Gasteiger partial charge >= 0.3 is 5.97 Å². The largest absolute Gasteiger partial charge is 0.464 e. The first-order chi connectivity index (χ1) is 27.9. The SMILES string of the molecule is COC(=O)c1cc(NCCCCCc2cc(Cl)c(CN3CSC[C@H]3C(=O)N3CCN(C4CC4)c4ccccc43)cc2Cl)nc(N(C)C[C@H](O)[C@@H](O)[C@H](O)[C@H](O)CO)n1. The minimum absolute atomic E-state index is 0.0267. The van der Waals surface area contributed by atoms with Crippen molar-refractivity contribution in [3.05, 3.63) is 69.3 Å². The van der Waals surface area contributed by atoms with Gasteiger partial charge in [-0.25, -0.2) is 9.78 Å². The zero-order valence-corrected chi connectivity index (χ0v) is 35.0. The van der Waals surface area contributed by atoms with Crippen molar-refractivity contribution in [2.24, 2.45) is 0 Å². The molecule has 2 aliphatic heterocycles. The maximum absolute atomic E-state index is 14.1. The quantitative estimate of drug-likeness (QED) is 0.0760. The van der Waals surface area contributed by atoms with E-state index in [2.05, 4.69) is 37.2 Å². The molecule has 0 bridgehead atoms. The van der Waals surface area contributed by atoms with Gasteiger partial charge in [-0.1, -0.05) is 41.8 Å². The fraction of sp³-hybridized carbons (Fsp3) is 0.550. The van der Waals surface area contributed by atoms with Gasteiger partial charge in [-0.05, 0) is 67.5 Å². The molecule has 1 aliphatic carbocycles. The van der Waals surface area contributed by atoms with E-state index in [9.17, 15) is 30.0 Å². The topological polar surface area (TPSA) is 195 Å². The van der Waals surface area contributed by atoms with Gasteiger partial charge in [-0.2, -0.15) is 4.98 Å². The van der Waals surface area contributed by atoms with E-state index in [1.165, 1.54) is 38.0 Å². The number of benzene rings is 2. The summed E-state index contributed by atoms with van der Waals surface area (Å²) in [6.07, 6.45) is -1.13. The number of methoxy groups -OCH3 is 1. The number of hydrogen-bond donors (Lipinski definition) is 6. The number of hydrogen-bond acceptors (Lipinski definition) is 15. The number of aliphatic hydroxyl groups is 5. The number of fused-ring (bicyclic) bond motifs is 1. The van der Waals surface area contributed by atoms with E-state index in [0.717, 1.165) is 66.4 Å². The summed E-state index contributed by atoms with van der Waals surface area (Å²) in [6.45, 7) is 1.52. The molecule has 18 heteroatoms. The van der Waals surface area contributed by atoms with E-state index in [4.69, 9.17) is 33.0 Å². The number of nitrogens with one attached hydrogen (secondary N) is 1. The summed E-state index contributed by atoms with van der Waals surface area (Å²) < 4.78 is 4.84. The molecule has 2 fully saturated rings. The van der Waals surface area contributed by atoms with Gasteiger partial charge in [0.15, 0.2) is 5.69 Å². The summed E-state index contributed by atoms with van der Waals surface area (Å²) in [6, 6.07) is 13.9. The number of halogens is 2. The number of esters is 1. The Bertz CT molecular complexity index is 1900. The third-order valence-electron chi connectivity index (χ3n) is 10.8. The van der Waals surface area contributed by atoms with Crippen LogP contribution in [0.1, 0.15) is 53.7 Å². The molecule has 0 spiro atoms. The standard InChI is InChI=1S/C40H53Cl2N7O8S/c1-46(20-33(51)36(53)37(54)34(52)21-50)40-44-29(39(56)57-2)18-35(45-40)43-13-7-3-4-8-24-16-28(42)25(17-27(24)41)19-47-23-58-22-32(47)38(55)49-15-14-48(26-11-12-26)30-9-5-6-10-31(30)49/h5-6,9-10,16-18,26,32-34,36-37,50-54H,3-4,7-8,11-15,19-23H2,1-2H3,(H,43,44,45)/t32-,33-,34+,36+,37+/m0/s1. The van der Waals surface area contributed by atoms with Crippen molar-refractivity contribution in [1.29, 1.82) is 0 Å². The van der Waals surface area contributed by atoms with E-state index in [1.54, 1.807) is 11.8 Å². The van der Waals surface area contributed by atoms with Crippen LogP contribution in [0.15, 0.2) is 42.5 Å². The molecule has 1 amide bonds. The zero-order chi connectivity index (χ0) is 41.5. The number of ether oxygens (including phenoxy) is 1. The number of thioether (sulfide) groups is 1. The molecule has 3 aromatic rings. The molecule has 58 heavy (non-hydrogen) atoms. The van der Waals surface area contributed by atoms with Crippen molar-refractivity contribution < 1.29 is 39.9 Å². The Morgan fingerprint density at radius 3 is 2.40 bits per heavy atom. The van der Waals surface area contributed by atoms with Crippen LogP contribution in [0.4, 0.5) is 23.1 Å². The molecule has 15 nitrogen and oxygen atoms in total. The molecule has 2 aromatic carbocycles. The predicted octanol–water partition coefficient (Wildman–Crippen LogP) is 3.16. The van der Waals surface area contributed by atoms with Crippen molar-refractivity contribution in [3.63, 3.8) is 0 Å². The van der Waals surface area contributed by atoms with Crippen LogP contribution in [0, 0.1) is 0 Å². The number of aliphatic hydroxyl groups excluding tert-OH is 5. The molecule has 6 rings (SSSR count). The first-order valence-corrected chi connectivity index (χ1v) is 21.5. The minimum Gasteiger partial charge on any atom is -0.464 e. The number of carbonyl (C=O) groups is 2. The lowest BCUT2D eigenvalue weighted by Crippen LogP contribution is -2.52. The summed E-state index contributed by atoms with van der Waals surface area (Å²) in [5.74, 6) is 1.28. The van der Waals surface area contributed by atoms with Gasteiger partial charge < -0.3 is 50.3 Å². The molecule has 1 aromatic heterocycles. The third-order valence-corrected chi connectivity index (χ3v) is 12.6. The maximum atomic E-state index is 14.1. The number of likely N-dealkylation sites (N-methyl/N-ethyl adjacent to an activating group) is 1. The summed E-state index contributed by atoms with van der Waals surface area (Å²) in [5, 5.41) is 53.8. The number of anilines is 4. The highest BCUT2D eigenvalue weighted by atomic mass is 35.5. The Kier molecular flexibility index (Phi) is 15.4. The number of aryl methyl sites for hydroxylation is 1. The van der Waals surface area contributed by atoms with Gasteiger partial charge in [-0.3, -0.25) is 9.69 Å². The first kappa shape index (κ1) is 44.1. The maximum Gasteiger partial charge on any atom is 0.356 e. The smallest absolute Gasteiger partial charge is 0.356 e. The van der Waals surface area contributed by atoms with Crippen molar-refractivity contribution >= 4 is 70.0 Å². The summed E-state index contributed by atoms with van der Waals surface area (Å²) in [7, 11) is 2.75. The van der Waals surface area contributed by atoms with Crippen LogP contribution in [0.2, 0.25) is 10.0 Å². The van der Waals surface area contributed by atoms with Gasteiger partial charge in [0.2, 0.25) is 11.9 Å². The Hall–Kier alpha value is -3.45. The molecule has 0 unspecified atom stereocenters. The van der Waals surface area contributed by atoms with Crippen molar-refractivity contribution in [2.75, 3.05) is 78.6 Å². The lowest BCUT2D eigenvalue weighted by Gasteiger charge is -2.39. The van der Waals surface area contributed by atoms with Crippen molar-refractivity contribution in [1.82, 2.24) is 14.9 Å². The molecule has 3 heterocycles. The van der Waals surface area contributed by atoms with E-state index in [1.807, 2.05) is 29.2 Å². The molecular weight excluding hydrogens is 809 g/mol. The van der Waals surface area contributed by atoms with E-state index >= 15 is 0 Å². The summed E-state index contributed by atoms with van der Waals surface area (Å²) in [4.78, 5) is 43.1. The van der Waals surface area contributed by atoms with Crippen LogP contribution in [0.3, 0.4) is 0 Å². The van der Waals surface area contributed by atoms with E-state index in [0.29, 0.717) is 41.5 Å². The second-order valence-corrected chi connectivity index (χ2v) is 16.9. The summed E-state index contributed by atoms with van der Waals surface area (Å²) in [5.41, 5.74) is 3.96. The third kappa shape index (κ3) is 10.6. The number of amides is 1. The van der Waals surface area contributed by atoms with Crippen molar-refractivity contribution in [3.8, 4) is 0 Å². The van der Waals surface area contributed by atoms with E-state index < -0.39 is 37.0 Å². The van der Waals surface area contributed by atoms with Crippen LogP contribution in [0.25, 0.3) is 0 Å². The molecule has 6 N–H and O–H groups in total. The van der Waals surface area contributed by atoms with Gasteiger partial charge in [0.05, 0.1) is 31.1 Å². The second kappa shape index (κ2) is 20.2. The highest BCUT2D eigenvalue weighted by Crippen LogP contribution is 2.41. The fourth-order valence-electron chi connectivity index (χ4n) is 7.35. The number of unbranched alkanes of at least 4 members (excludes halogenated alkanes) is 2. The molecule has 3 aliphatic rings. The Morgan fingerprint density at radius 2 is 1.67 bits per heavy atom. The summed E-state index contributed by atoms with van der Waals surface area (Å²) >= 11 is 15.4. The first-order valence-electron chi connectivity index (χ1n) is 19.6. The number of carbonyl (C=O) groups excluding carboxylic acids is 2. The lowest BCUT2D eigenvalue weighted by molar-refractivity contribution is -0.122. The highest BCUT2D eigenvalue weighted by molar-refractivity contribution is 7.99. The lowest BCUT2D eigenvalue weighted by atomic mass is 10.0. The molecule has 5 atom stereocenters. The minimum atomic E-state index is -1.78. The van der Waals surface area contributed by atoms with Gasteiger partial charge in [0, 0.05) is 73.6 Å². The van der Waals surface area contributed by atoms with Crippen LogP contribution < -0.4 is 20.0 Å². The molecule has 1 saturated heterocycles. The van der Waals surface area contributed by atoms with Crippen LogP contribution in [-0.2, 0) is 22.5 Å². The molecule has 1 saturated carbocycles. The number of aromatic nitrogens is 2. The Morgan fingerprint density at radius 1 is 0.966 bits per heavy atom. The average Bonchev–Trinajstić information content (AvgIpc) is 3.98. The van der Waals surface area contributed by atoms with Crippen LogP contribution >= 0.6 is 35.0 Å². The van der Waals surface area contributed by atoms with Crippen LogP contribution in [-0.4, -0.2) is 147 Å². The molecule has 316 valence electrons. The normalized spacial score (nSPS) is 19.0. The fourth-order valence-corrected chi connectivity index (χ4v) is 9.07. The van der Waals surface area contributed by atoms with Crippen molar-refractivity contribution in [2.45, 2.75) is 81.6 Å². The zero-order valence-electron chi connectivity index (χ0n) is 32.7. The van der Waals surface area contributed by atoms with Crippen LogP contribution in [0.5, 0.6) is 0 Å². The second-order valence-electron chi connectivity index (χ2n) is 15.0. The van der Waals surface area contributed by atoms with E-state index in [-0.39, 0.29) is 30.1 Å². The highest BCUT2D eigenvalue weighted by Gasteiger charge is 2.40. The number of para-hydroxylation sites is 2. The van der Waals surface area contributed by atoms with Gasteiger partial charge in [-0.15, -0.1) is 11.8 Å². The molecular formula is C40H53Cl2N7O8S. The Labute approximate surface area is 352 Å². The average molecular weight is 863 g/mol. The van der Waals surface area contributed by atoms with Gasteiger partial charge in [0.25, 0.3) is 0 Å². The number of nitrogens with zero attached hydrogens (tertiary/aromatic N) is 6. The Balaban J connectivity index is 0.992. The van der Waals surface area contributed by atoms with Gasteiger partial charge in [0.1, 0.15) is 30.2 Å². The number of rotatable bonds is 19.